The molecular formula is C20H14O2. The molecular weight excluding hydrogens is 272 g/mol. The number of hydrogen-bond donors (Lipinski definition) is 0. The molecule has 0 fully saturated rings. The van der Waals surface area contributed by atoms with Gasteiger partial charge >= 0.3 is 0 Å². The second-order valence-corrected chi connectivity index (χ2v) is 5.72. The van der Waals surface area contributed by atoms with Crippen molar-refractivity contribution < 1.29 is 9.59 Å². The zero-order valence-electron chi connectivity index (χ0n) is 11.9. The molecule has 1 aliphatic rings. The quantitative estimate of drug-likeness (QED) is 0.524. The molecule has 0 saturated heterocycles. The first-order valence-corrected chi connectivity index (χ1v) is 7.36. The van der Waals surface area contributed by atoms with Crippen molar-refractivity contribution in [3.8, 4) is 0 Å². The van der Waals surface area contributed by atoms with Crippen molar-refractivity contribution in [2.45, 2.75) is 5.92 Å². The third-order valence-electron chi connectivity index (χ3n) is 4.51. The van der Waals surface area contributed by atoms with Crippen LogP contribution in [0.1, 0.15) is 17.0 Å². The van der Waals surface area contributed by atoms with E-state index in [2.05, 4.69) is 30.3 Å². The van der Waals surface area contributed by atoms with E-state index in [1.807, 2.05) is 30.4 Å². The first-order chi connectivity index (χ1) is 10.8. The Labute approximate surface area is 128 Å². The highest BCUT2D eigenvalue weighted by molar-refractivity contribution is 6.02. The Morgan fingerprint density at radius 1 is 0.818 bits per heavy atom. The van der Waals surface area contributed by atoms with Gasteiger partial charge in [0.1, 0.15) is 12.6 Å². The lowest BCUT2D eigenvalue weighted by molar-refractivity contribution is -0.115. The summed E-state index contributed by atoms with van der Waals surface area (Å²) in [5.74, 6) is -0.774. The van der Waals surface area contributed by atoms with Gasteiger partial charge < -0.3 is 9.59 Å². The summed E-state index contributed by atoms with van der Waals surface area (Å²) < 4.78 is 0. The Kier molecular flexibility index (Phi) is 2.90. The molecule has 0 radical (unpaired) electrons. The van der Waals surface area contributed by atoms with E-state index in [1.165, 1.54) is 5.39 Å². The summed E-state index contributed by atoms with van der Waals surface area (Å²) in [5.41, 5.74) is 2.00. The third-order valence-corrected chi connectivity index (χ3v) is 4.51. The fraction of sp³-hybridized carbons (Fsp3) is 0.100. The van der Waals surface area contributed by atoms with Crippen LogP contribution in [0.3, 0.4) is 0 Å². The predicted octanol–water partition coefficient (Wildman–Crippen LogP) is 4.12. The maximum Gasteiger partial charge on any atom is 0.128 e. The lowest BCUT2D eigenvalue weighted by Crippen LogP contribution is -2.18. The van der Waals surface area contributed by atoms with Gasteiger partial charge in [-0.25, -0.2) is 0 Å². The Morgan fingerprint density at radius 3 is 2.32 bits per heavy atom. The summed E-state index contributed by atoms with van der Waals surface area (Å²) in [6.45, 7) is 0. The SMILES string of the molecule is O=CC1C=Cc2ccc3cc4ccccc4cc3c2C1C=O. The van der Waals surface area contributed by atoms with E-state index in [-0.39, 0.29) is 5.92 Å². The number of hydrogen-bond acceptors (Lipinski definition) is 2. The zero-order valence-corrected chi connectivity index (χ0v) is 11.9. The minimum atomic E-state index is -0.401. The van der Waals surface area contributed by atoms with Gasteiger partial charge in [-0.2, -0.15) is 0 Å². The Balaban J connectivity index is 2.10. The number of carbonyl (C=O) groups is 2. The fourth-order valence-corrected chi connectivity index (χ4v) is 3.39. The van der Waals surface area contributed by atoms with Crippen LogP contribution in [0, 0.1) is 5.92 Å². The van der Waals surface area contributed by atoms with E-state index in [0.717, 1.165) is 39.9 Å². The van der Waals surface area contributed by atoms with Crippen LogP contribution in [0.15, 0.2) is 54.6 Å². The molecule has 0 aliphatic heterocycles. The van der Waals surface area contributed by atoms with E-state index in [9.17, 15) is 9.59 Å². The molecule has 0 spiro atoms. The molecule has 3 aromatic rings. The number of benzene rings is 3. The van der Waals surface area contributed by atoms with Crippen molar-refractivity contribution in [2.75, 3.05) is 0 Å². The Hall–Kier alpha value is -2.74. The molecule has 3 aromatic carbocycles. The summed E-state index contributed by atoms with van der Waals surface area (Å²) in [6, 6.07) is 16.6. The van der Waals surface area contributed by atoms with Gasteiger partial charge in [0, 0.05) is 5.92 Å². The van der Waals surface area contributed by atoms with Gasteiger partial charge in [-0.05, 0) is 44.8 Å². The fourth-order valence-electron chi connectivity index (χ4n) is 3.39. The van der Waals surface area contributed by atoms with Gasteiger partial charge in [0.15, 0.2) is 0 Å². The molecule has 106 valence electrons. The molecule has 2 atom stereocenters. The molecule has 1 aliphatic carbocycles. The third kappa shape index (κ3) is 1.81. The first kappa shape index (κ1) is 13.0. The van der Waals surface area contributed by atoms with Crippen molar-refractivity contribution in [1.29, 1.82) is 0 Å². The van der Waals surface area contributed by atoms with Crippen molar-refractivity contribution in [3.63, 3.8) is 0 Å². The standard InChI is InChI=1S/C20H14O2/c21-11-17-8-6-13-5-7-16-9-14-3-1-2-4-15(14)10-18(16)20(13)19(17)12-22/h1-12,17,19H. The highest BCUT2D eigenvalue weighted by atomic mass is 16.1. The molecule has 0 saturated carbocycles. The summed E-state index contributed by atoms with van der Waals surface area (Å²) in [5, 5.41) is 4.48. The van der Waals surface area contributed by atoms with Crippen molar-refractivity contribution >= 4 is 40.2 Å². The van der Waals surface area contributed by atoms with Crippen LogP contribution in [-0.2, 0) is 9.59 Å². The van der Waals surface area contributed by atoms with Crippen LogP contribution in [0.5, 0.6) is 0 Å². The minimum absolute atomic E-state index is 0.373. The Morgan fingerprint density at radius 2 is 1.59 bits per heavy atom. The number of aldehydes is 2. The van der Waals surface area contributed by atoms with E-state index < -0.39 is 5.92 Å². The molecule has 0 aromatic heterocycles. The van der Waals surface area contributed by atoms with Crippen molar-refractivity contribution in [2.24, 2.45) is 5.92 Å². The van der Waals surface area contributed by atoms with Crippen LogP contribution in [0.25, 0.3) is 27.6 Å². The van der Waals surface area contributed by atoms with Gasteiger partial charge in [-0.1, -0.05) is 48.6 Å². The predicted molar refractivity (Wildman–Crippen MR) is 88.8 cm³/mol. The van der Waals surface area contributed by atoms with Crippen LogP contribution < -0.4 is 0 Å². The highest BCUT2D eigenvalue weighted by Crippen LogP contribution is 2.38. The monoisotopic (exact) mass is 286 g/mol. The summed E-state index contributed by atoms with van der Waals surface area (Å²) in [7, 11) is 0. The summed E-state index contributed by atoms with van der Waals surface area (Å²) >= 11 is 0. The van der Waals surface area contributed by atoms with Crippen LogP contribution in [0.2, 0.25) is 0 Å². The normalized spacial score (nSPS) is 20.0. The van der Waals surface area contributed by atoms with Crippen LogP contribution in [-0.4, -0.2) is 12.6 Å². The van der Waals surface area contributed by atoms with Crippen LogP contribution >= 0.6 is 0 Å². The smallest absolute Gasteiger partial charge is 0.128 e. The van der Waals surface area contributed by atoms with Crippen molar-refractivity contribution in [3.05, 3.63) is 65.7 Å². The molecule has 2 unspecified atom stereocenters. The van der Waals surface area contributed by atoms with Crippen LogP contribution in [0.4, 0.5) is 0 Å². The molecule has 4 rings (SSSR count). The van der Waals surface area contributed by atoms with E-state index in [0.29, 0.717) is 0 Å². The molecule has 2 heteroatoms. The largest absolute Gasteiger partial charge is 0.303 e. The van der Waals surface area contributed by atoms with E-state index in [4.69, 9.17) is 0 Å². The molecule has 0 bridgehead atoms. The lowest BCUT2D eigenvalue weighted by atomic mass is 9.78. The number of fused-ring (bicyclic) bond motifs is 4. The summed E-state index contributed by atoms with van der Waals surface area (Å²) in [4.78, 5) is 22.9. The number of rotatable bonds is 2. The molecule has 0 heterocycles. The summed E-state index contributed by atoms with van der Waals surface area (Å²) in [6.07, 6.45) is 5.53. The van der Waals surface area contributed by atoms with Gasteiger partial charge in [-0.15, -0.1) is 0 Å². The number of allylic oxidation sites excluding steroid dienone is 1. The molecule has 22 heavy (non-hydrogen) atoms. The average molecular weight is 286 g/mol. The highest BCUT2D eigenvalue weighted by Gasteiger charge is 2.27. The first-order valence-electron chi connectivity index (χ1n) is 7.36. The zero-order chi connectivity index (χ0) is 15.1. The number of carbonyl (C=O) groups excluding carboxylic acids is 2. The minimum Gasteiger partial charge on any atom is -0.303 e. The van der Waals surface area contributed by atoms with E-state index >= 15 is 0 Å². The van der Waals surface area contributed by atoms with E-state index in [1.54, 1.807) is 0 Å². The second-order valence-electron chi connectivity index (χ2n) is 5.72. The lowest BCUT2D eigenvalue weighted by Gasteiger charge is -2.24. The molecule has 2 nitrogen and oxygen atoms in total. The van der Waals surface area contributed by atoms with Gasteiger partial charge in [0.25, 0.3) is 0 Å². The maximum atomic E-state index is 11.6. The van der Waals surface area contributed by atoms with Crippen molar-refractivity contribution in [1.82, 2.24) is 0 Å². The van der Waals surface area contributed by atoms with Gasteiger partial charge in [-0.3, -0.25) is 0 Å². The average Bonchev–Trinajstić information content (AvgIpc) is 2.58. The van der Waals surface area contributed by atoms with Gasteiger partial charge in [0.05, 0.1) is 5.92 Å². The second kappa shape index (κ2) is 4.92. The Bertz CT molecular complexity index is 937. The maximum absolute atomic E-state index is 11.6. The topological polar surface area (TPSA) is 34.1 Å². The molecule has 0 amide bonds. The van der Waals surface area contributed by atoms with Gasteiger partial charge in [0.2, 0.25) is 0 Å². The molecule has 0 N–H and O–H groups in total.